The number of rotatable bonds is 8. The van der Waals surface area contributed by atoms with Gasteiger partial charge < -0.3 is 15.2 Å². The summed E-state index contributed by atoms with van der Waals surface area (Å²) >= 11 is 5.85. The van der Waals surface area contributed by atoms with Crippen LogP contribution in [-0.2, 0) is 4.79 Å². The standard InChI is InChI=1S/C15H22ClNO3/c1-11(10-18)5-4-8-17-15(19)12(2)20-14-7-3-6-13(16)9-14/h3,6-7,9,11-12,18H,4-5,8,10H2,1-2H3,(H,17,19). The van der Waals surface area contributed by atoms with Crippen molar-refractivity contribution in [1.29, 1.82) is 0 Å². The summed E-state index contributed by atoms with van der Waals surface area (Å²) in [5.41, 5.74) is 0. The molecule has 2 N–H and O–H groups in total. The Labute approximate surface area is 125 Å². The number of aliphatic hydroxyl groups is 1. The molecule has 112 valence electrons. The third kappa shape index (κ3) is 6.26. The molecular weight excluding hydrogens is 278 g/mol. The van der Waals surface area contributed by atoms with E-state index in [1.54, 1.807) is 31.2 Å². The van der Waals surface area contributed by atoms with Gasteiger partial charge in [-0.3, -0.25) is 4.79 Å². The summed E-state index contributed by atoms with van der Waals surface area (Å²) in [6.45, 7) is 4.45. The summed E-state index contributed by atoms with van der Waals surface area (Å²) < 4.78 is 5.52. The lowest BCUT2D eigenvalue weighted by Crippen LogP contribution is -2.36. The number of hydrogen-bond acceptors (Lipinski definition) is 3. The van der Waals surface area contributed by atoms with Gasteiger partial charge in [-0.15, -0.1) is 0 Å². The number of amides is 1. The van der Waals surface area contributed by atoms with Crippen LogP contribution in [0.2, 0.25) is 5.02 Å². The zero-order chi connectivity index (χ0) is 15.0. The van der Waals surface area contributed by atoms with Crippen molar-refractivity contribution in [2.24, 2.45) is 5.92 Å². The molecule has 5 heteroatoms. The van der Waals surface area contributed by atoms with Gasteiger partial charge in [0.1, 0.15) is 5.75 Å². The Kier molecular flexibility index (Phi) is 7.41. The number of aliphatic hydroxyl groups excluding tert-OH is 1. The van der Waals surface area contributed by atoms with Crippen molar-refractivity contribution in [2.45, 2.75) is 32.8 Å². The third-order valence-electron chi connectivity index (χ3n) is 2.96. The molecule has 0 aliphatic heterocycles. The molecule has 0 aromatic heterocycles. The molecule has 0 spiro atoms. The van der Waals surface area contributed by atoms with Crippen molar-refractivity contribution in [3.05, 3.63) is 29.3 Å². The van der Waals surface area contributed by atoms with E-state index in [0.29, 0.717) is 17.3 Å². The fourth-order valence-corrected chi connectivity index (χ4v) is 1.88. The Balaban J connectivity index is 2.29. The maximum Gasteiger partial charge on any atom is 0.260 e. The third-order valence-corrected chi connectivity index (χ3v) is 3.20. The van der Waals surface area contributed by atoms with Crippen molar-refractivity contribution in [2.75, 3.05) is 13.2 Å². The van der Waals surface area contributed by atoms with E-state index in [1.807, 2.05) is 6.92 Å². The minimum atomic E-state index is -0.566. The number of ether oxygens (including phenoxy) is 1. The summed E-state index contributed by atoms with van der Waals surface area (Å²) in [4.78, 5) is 11.8. The van der Waals surface area contributed by atoms with Crippen LogP contribution in [0.3, 0.4) is 0 Å². The van der Waals surface area contributed by atoms with Gasteiger partial charge in [-0.25, -0.2) is 0 Å². The van der Waals surface area contributed by atoms with E-state index in [9.17, 15) is 4.79 Å². The topological polar surface area (TPSA) is 58.6 Å². The molecule has 0 saturated heterocycles. The number of nitrogens with one attached hydrogen (secondary N) is 1. The highest BCUT2D eigenvalue weighted by Gasteiger charge is 2.14. The SMILES string of the molecule is CC(CO)CCCNC(=O)C(C)Oc1cccc(Cl)c1. The van der Waals surface area contributed by atoms with Crippen molar-refractivity contribution >= 4 is 17.5 Å². The number of hydrogen-bond donors (Lipinski definition) is 2. The number of carbonyl (C=O) groups is 1. The molecular formula is C15H22ClNO3. The van der Waals surface area contributed by atoms with Gasteiger partial charge in [0.25, 0.3) is 5.91 Å². The first-order valence-electron chi connectivity index (χ1n) is 6.83. The van der Waals surface area contributed by atoms with Crippen LogP contribution in [0.15, 0.2) is 24.3 Å². The number of carbonyl (C=O) groups excluding carboxylic acids is 1. The van der Waals surface area contributed by atoms with E-state index < -0.39 is 6.10 Å². The van der Waals surface area contributed by atoms with Gasteiger partial charge in [-0.1, -0.05) is 24.6 Å². The number of halogens is 1. The molecule has 0 bridgehead atoms. The Morgan fingerprint density at radius 1 is 1.45 bits per heavy atom. The summed E-state index contributed by atoms with van der Waals surface area (Å²) in [7, 11) is 0. The normalized spacial score (nSPS) is 13.6. The first-order chi connectivity index (χ1) is 9.52. The van der Waals surface area contributed by atoms with Crippen LogP contribution in [-0.4, -0.2) is 30.3 Å². The van der Waals surface area contributed by atoms with Crippen LogP contribution < -0.4 is 10.1 Å². The Morgan fingerprint density at radius 3 is 2.85 bits per heavy atom. The molecule has 0 heterocycles. The second-order valence-electron chi connectivity index (χ2n) is 4.94. The summed E-state index contributed by atoms with van der Waals surface area (Å²) in [6, 6.07) is 6.97. The molecule has 2 unspecified atom stereocenters. The van der Waals surface area contributed by atoms with E-state index in [0.717, 1.165) is 12.8 Å². The van der Waals surface area contributed by atoms with Gasteiger partial charge in [-0.05, 0) is 43.9 Å². The Bertz CT molecular complexity index is 425. The van der Waals surface area contributed by atoms with E-state index in [1.165, 1.54) is 0 Å². The molecule has 1 aromatic rings. The molecule has 1 amide bonds. The summed E-state index contributed by atoms with van der Waals surface area (Å²) in [5, 5.41) is 12.3. The highest BCUT2D eigenvalue weighted by Crippen LogP contribution is 2.18. The van der Waals surface area contributed by atoms with Crippen LogP contribution in [0.1, 0.15) is 26.7 Å². The average Bonchev–Trinajstić information content (AvgIpc) is 2.42. The predicted octanol–water partition coefficient (Wildman–Crippen LogP) is 2.63. The van der Waals surface area contributed by atoms with Crippen molar-refractivity contribution in [3.8, 4) is 5.75 Å². The molecule has 0 fully saturated rings. The van der Waals surface area contributed by atoms with Crippen LogP contribution >= 0.6 is 11.6 Å². The first kappa shape index (κ1) is 16.8. The van der Waals surface area contributed by atoms with Gasteiger partial charge in [0.2, 0.25) is 0 Å². The lowest BCUT2D eigenvalue weighted by atomic mass is 10.1. The molecule has 20 heavy (non-hydrogen) atoms. The van der Waals surface area contributed by atoms with Crippen LogP contribution in [0.25, 0.3) is 0 Å². The molecule has 1 rings (SSSR count). The van der Waals surface area contributed by atoms with Crippen LogP contribution in [0.4, 0.5) is 0 Å². The predicted molar refractivity (Wildman–Crippen MR) is 80.0 cm³/mol. The van der Waals surface area contributed by atoms with E-state index >= 15 is 0 Å². The minimum Gasteiger partial charge on any atom is -0.481 e. The maximum absolute atomic E-state index is 11.8. The van der Waals surface area contributed by atoms with Crippen molar-refractivity contribution < 1.29 is 14.6 Å². The van der Waals surface area contributed by atoms with Gasteiger partial charge in [-0.2, -0.15) is 0 Å². The van der Waals surface area contributed by atoms with Gasteiger partial charge in [0.15, 0.2) is 6.10 Å². The van der Waals surface area contributed by atoms with E-state index in [4.69, 9.17) is 21.4 Å². The molecule has 0 saturated carbocycles. The zero-order valence-electron chi connectivity index (χ0n) is 11.9. The minimum absolute atomic E-state index is 0.151. The van der Waals surface area contributed by atoms with Crippen LogP contribution in [0, 0.1) is 5.92 Å². The fraction of sp³-hybridized carbons (Fsp3) is 0.533. The van der Waals surface area contributed by atoms with Gasteiger partial charge in [0.05, 0.1) is 0 Å². The second kappa shape index (κ2) is 8.82. The zero-order valence-corrected chi connectivity index (χ0v) is 12.7. The quantitative estimate of drug-likeness (QED) is 0.726. The summed E-state index contributed by atoms with van der Waals surface area (Å²) in [5.74, 6) is 0.697. The highest BCUT2D eigenvalue weighted by molar-refractivity contribution is 6.30. The van der Waals surface area contributed by atoms with Gasteiger partial charge in [0, 0.05) is 18.2 Å². The maximum atomic E-state index is 11.8. The summed E-state index contributed by atoms with van der Waals surface area (Å²) in [6.07, 6.45) is 1.17. The molecule has 2 atom stereocenters. The van der Waals surface area contributed by atoms with Crippen LogP contribution in [0.5, 0.6) is 5.75 Å². The largest absolute Gasteiger partial charge is 0.481 e. The lowest BCUT2D eigenvalue weighted by Gasteiger charge is -2.15. The van der Waals surface area contributed by atoms with Crippen molar-refractivity contribution in [1.82, 2.24) is 5.32 Å². The monoisotopic (exact) mass is 299 g/mol. The molecule has 0 aliphatic rings. The lowest BCUT2D eigenvalue weighted by molar-refractivity contribution is -0.127. The molecule has 0 aliphatic carbocycles. The second-order valence-corrected chi connectivity index (χ2v) is 5.37. The van der Waals surface area contributed by atoms with E-state index in [-0.39, 0.29) is 18.4 Å². The fourth-order valence-electron chi connectivity index (χ4n) is 1.70. The highest BCUT2D eigenvalue weighted by atomic mass is 35.5. The smallest absolute Gasteiger partial charge is 0.260 e. The Hall–Kier alpha value is -1.26. The Morgan fingerprint density at radius 2 is 2.20 bits per heavy atom. The van der Waals surface area contributed by atoms with Gasteiger partial charge >= 0.3 is 0 Å². The van der Waals surface area contributed by atoms with Crippen molar-refractivity contribution in [3.63, 3.8) is 0 Å². The molecule has 0 radical (unpaired) electrons. The first-order valence-corrected chi connectivity index (χ1v) is 7.21. The molecule has 1 aromatic carbocycles. The molecule has 4 nitrogen and oxygen atoms in total. The number of benzene rings is 1. The van der Waals surface area contributed by atoms with E-state index in [2.05, 4.69) is 5.32 Å². The average molecular weight is 300 g/mol.